The van der Waals surface area contributed by atoms with Gasteiger partial charge >= 0.3 is 5.69 Å². The zero-order chi connectivity index (χ0) is 22.2. The average Bonchev–Trinajstić information content (AvgIpc) is 2.98. The summed E-state index contributed by atoms with van der Waals surface area (Å²) in [5.41, 5.74) is 2.29. The summed E-state index contributed by atoms with van der Waals surface area (Å²) in [6.45, 7) is 8.46. The Morgan fingerprint density at radius 3 is 2.61 bits per heavy atom. The number of carbonyl (C=O) groups is 1. The Hall–Kier alpha value is -3.09. The van der Waals surface area contributed by atoms with Crippen molar-refractivity contribution >= 4 is 28.6 Å². The fourth-order valence-electron chi connectivity index (χ4n) is 4.23. The maximum absolute atomic E-state index is 12.8. The highest BCUT2D eigenvalue weighted by Crippen LogP contribution is 2.26. The molecule has 7 nitrogen and oxygen atoms in total. The minimum absolute atomic E-state index is 0.0109. The number of aryl methyl sites for hydroxylation is 1. The van der Waals surface area contributed by atoms with Crippen LogP contribution >= 0.6 is 0 Å². The number of carbonyl (C=O) groups excluding carboxylic acids is 1. The topological polar surface area (TPSA) is 72.2 Å². The van der Waals surface area contributed by atoms with Gasteiger partial charge in [-0.2, -0.15) is 0 Å². The summed E-state index contributed by atoms with van der Waals surface area (Å²) in [7, 11) is 1.77. The number of rotatable bonds is 4. The van der Waals surface area contributed by atoms with Gasteiger partial charge in [0.2, 0.25) is 5.91 Å². The molecule has 0 aliphatic carbocycles. The molecule has 1 fully saturated rings. The number of anilines is 2. The van der Waals surface area contributed by atoms with Gasteiger partial charge in [-0.05, 0) is 42.5 Å². The first-order chi connectivity index (χ1) is 14.7. The summed E-state index contributed by atoms with van der Waals surface area (Å²) in [6, 6.07) is 13.5. The Kier molecular flexibility index (Phi) is 5.60. The van der Waals surface area contributed by atoms with Crippen molar-refractivity contribution in [1.29, 1.82) is 0 Å². The maximum Gasteiger partial charge on any atom is 0.330 e. The standard InChI is InChI=1S/C24H31N5O2/c1-24(2,3)16-29-19-12-13-20(26-21(19)27(4)23(29)31)28-14-8-9-17(15-28)22(30)25-18-10-6-5-7-11-18/h5-7,10-13,17H,8-9,14-16H2,1-4H3,(H,25,30). The van der Waals surface area contributed by atoms with E-state index in [1.807, 2.05) is 42.5 Å². The van der Waals surface area contributed by atoms with E-state index in [-0.39, 0.29) is 22.9 Å². The zero-order valence-corrected chi connectivity index (χ0v) is 18.8. The van der Waals surface area contributed by atoms with Crippen molar-refractivity contribution in [3.8, 4) is 0 Å². The minimum Gasteiger partial charge on any atom is -0.356 e. The molecule has 1 amide bonds. The summed E-state index contributed by atoms with van der Waals surface area (Å²) < 4.78 is 3.42. The van der Waals surface area contributed by atoms with E-state index in [0.717, 1.165) is 36.4 Å². The predicted molar refractivity (Wildman–Crippen MR) is 124 cm³/mol. The molecule has 0 spiro atoms. The fraction of sp³-hybridized carbons (Fsp3) is 0.458. The lowest BCUT2D eigenvalue weighted by Crippen LogP contribution is -2.41. The van der Waals surface area contributed by atoms with Gasteiger partial charge in [-0.15, -0.1) is 0 Å². The highest BCUT2D eigenvalue weighted by Gasteiger charge is 2.27. The van der Waals surface area contributed by atoms with Crippen molar-refractivity contribution in [2.24, 2.45) is 18.4 Å². The van der Waals surface area contributed by atoms with E-state index >= 15 is 0 Å². The Bertz CT molecular complexity index is 1140. The first-order valence-electron chi connectivity index (χ1n) is 10.9. The number of piperidine rings is 1. The molecular weight excluding hydrogens is 390 g/mol. The predicted octanol–water partition coefficient (Wildman–Crippen LogP) is 3.64. The SMILES string of the molecule is Cn1c(=O)n(CC(C)(C)C)c2ccc(N3CCCC(C(=O)Nc4ccccc4)C3)nc21. The summed E-state index contributed by atoms with van der Waals surface area (Å²) >= 11 is 0. The van der Waals surface area contributed by atoms with Crippen molar-refractivity contribution in [3.05, 3.63) is 52.9 Å². The van der Waals surface area contributed by atoms with E-state index in [1.54, 1.807) is 16.2 Å². The zero-order valence-electron chi connectivity index (χ0n) is 18.8. The van der Waals surface area contributed by atoms with Gasteiger partial charge in [0.25, 0.3) is 0 Å². The van der Waals surface area contributed by atoms with Gasteiger partial charge < -0.3 is 10.2 Å². The third-order valence-corrected chi connectivity index (χ3v) is 5.76. The number of hydrogen-bond acceptors (Lipinski definition) is 4. The molecule has 1 aromatic carbocycles. The second-order valence-corrected chi connectivity index (χ2v) is 9.64. The Labute approximate surface area is 182 Å². The van der Waals surface area contributed by atoms with E-state index in [9.17, 15) is 9.59 Å². The van der Waals surface area contributed by atoms with Gasteiger partial charge in [0.1, 0.15) is 5.82 Å². The number of hydrogen-bond donors (Lipinski definition) is 1. The summed E-state index contributed by atoms with van der Waals surface area (Å²) in [5, 5.41) is 3.02. The molecule has 2 aromatic heterocycles. The molecule has 0 saturated carbocycles. The largest absolute Gasteiger partial charge is 0.356 e. The van der Waals surface area contributed by atoms with Crippen molar-refractivity contribution in [2.45, 2.75) is 40.2 Å². The van der Waals surface area contributed by atoms with Gasteiger partial charge in [0, 0.05) is 32.4 Å². The van der Waals surface area contributed by atoms with E-state index in [2.05, 4.69) is 31.0 Å². The molecule has 0 bridgehead atoms. The van der Waals surface area contributed by atoms with Crippen LogP contribution in [-0.4, -0.2) is 33.1 Å². The highest BCUT2D eigenvalue weighted by atomic mass is 16.2. The second-order valence-electron chi connectivity index (χ2n) is 9.64. The first kappa shape index (κ1) is 21.2. The van der Waals surface area contributed by atoms with Crippen LogP contribution in [0.5, 0.6) is 0 Å². The van der Waals surface area contributed by atoms with Crippen LogP contribution in [0.2, 0.25) is 0 Å². The molecule has 1 atom stereocenters. The summed E-state index contributed by atoms with van der Waals surface area (Å²) in [4.78, 5) is 32.6. The van der Waals surface area contributed by atoms with Crippen molar-refractivity contribution in [1.82, 2.24) is 14.1 Å². The molecule has 1 unspecified atom stereocenters. The average molecular weight is 422 g/mol. The number of aromatic nitrogens is 3. The van der Waals surface area contributed by atoms with Crippen LogP contribution in [0.1, 0.15) is 33.6 Å². The third kappa shape index (κ3) is 4.50. The van der Waals surface area contributed by atoms with E-state index < -0.39 is 0 Å². The first-order valence-corrected chi connectivity index (χ1v) is 10.9. The van der Waals surface area contributed by atoms with Gasteiger partial charge in [-0.25, -0.2) is 9.78 Å². The molecule has 164 valence electrons. The molecule has 4 rings (SSSR count). The number of nitrogens with zero attached hydrogens (tertiary/aromatic N) is 4. The molecule has 1 aliphatic rings. The molecule has 3 heterocycles. The Morgan fingerprint density at radius 1 is 1.16 bits per heavy atom. The molecule has 1 saturated heterocycles. The van der Waals surface area contributed by atoms with Crippen LogP contribution in [0.4, 0.5) is 11.5 Å². The van der Waals surface area contributed by atoms with Crippen LogP contribution < -0.4 is 15.9 Å². The quantitative estimate of drug-likeness (QED) is 0.698. The molecular formula is C24H31N5O2. The fourth-order valence-corrected chi connectivity index (χ4v) is 4.23. The Morgan fingerprint density at radius 2 is 1.90 bits per heavy atom. The van der Waals surface area contributed by atoms with Crippen LogP contribution in [0.3, 0.4) is 0 Å². The number of amides is 1. The van der Waals surface area contributed by atoms with Crippen LogP contribution in [0.25, 0.3) is 11.2 Å². The van der Waals surface area contributed by atoms with Crippen LogP contribution in [0, 0.1) is 11.3 Å². The van der Waals surface area contributed by atoms with Gasteiger partial charge in [0.05, 0.1) is 11.4 Å². The number of benzene rings is 1. The van der Waals surface area contributed by atoms with Crippen LogP contribution in [0.15, 0.2) is 47.3 Å². The minimum atomic E-state index is -0.0965. The molecule has 1 N–H and O–H groups in total. The summed E-state index contributed by atoms with van der Waals surface area (Å²) in [5.74, 6) is 0.759. The monoisotopic (exact) mass is 421 g/mol. The Balaban J connectivity index is 1.56. The third-order valence-electron chi connectivity index (χ3n) is 5.76. The molecule has 31 heavy (non-hydrogen) atoms. The second kappa shape index (κ2) is 8.21. The maximum atomic E-state index is 12.8. The van der Waals surface area contributed by atoms with E-state index in [4.69, 9.17) is 4.98 Å². The lowest BCUT2D eigenvalue weighted by atomic mass is 9.96. The molecule has 3 aromatic rings. The lowest BCUT2D eigenvalue weighted by Gasteiger charge is -2.33. The van der Waals surface area contributed by atoms with Crippen LogP contribution in [-0.2, 0) is 18.4 Å². The highest BCUT2D eigenvalue weighted by molar-refractivity contribution is 5.93. The van der Waals surface area contributed by atoms with Gasteiger partial charge in [-0.3, -0.25) is 13.9 Å². The number of nitrogens with one attached hydrogen (secondary N) is 1. The number of pyridine rings is 1. The molecule has 0 radical (unpaired) electrons. The van der Waals surface area contributed by atoms with Gasteiger partial charge in [-0.1, -0.05) is 39.0 Å². The number of para-hydroxylation sites is 1. The van der Waals surface area contributed by atoms with Gasteiger partial charge in [0.15, 0.2) is 5.65 Å². The van der Waals surface area contributed by atoms with Crippen molar-refractivity contribution in [3.63, 3.8) is 0 Å². The van der Waals surface area contributed by atoms with E-state index in [0.29, 0.717) is 18.7 Å². The molecule has 1 aliphatic heterocycles. The number of imidazole rings is 1. The summed E-state index contributed by atoms with van der Waals surface area (Å²) in [6.07, 6.45) is 1.79. The molecule has 7 heteroatoms. The normalized spacial score (nSPS) is 17.2. The van der Waals surface area contributed by atoms with Crippen molar-refractivity contribution < 1.29 is 4.79 Å². The van der Waals surface area contributed by atoms with E-state index in [1.165, 1.54) is 0 Å². The van der Waals surface area contributed by atoms with Crippen molar-refractivity contribution in [2.75, 3.05) is 23.3 Å². The smallest absolute Gasteiger partial charge is 0.330 e. The number of fused-ring (bicyclic) bond motifs is 1. The lowest BCUT2D eigenvalue weighted by molar-refractivity contribution is -0.120.